The molecular weight excluding hydrogens is 314 g/mol. The number of rotatable bonds is 6. The van der Waals surface area contributed by atoms with Crippen LogP contribution < -0.4 is 16.4 Å². The van der Waals surface area contributed by atoms with Crippen LogP contribution >= 0.6 is 12.4 Å². The van der Waals surface area contributed by atoms with Crippen LogP contribution in [0.3, 0.4) is 0 Å². The van der Waals surface area contributed by atoms with Crippen molar-refractivity contribution in [2.75, 3.05) is 6.54 Å². The van der Waals surface area contributed by atoms with Crippen molar-refractivity contribution in [1.29, 1.82) is 0 Å². The molecular formula is C17H32ClN3O2. The van der Waals surface area contributed by atoms with Crippen LogP contribution in [0.5, 0.6) is 0 Å². The molecule has 0 radical (unpaired) electrons. The van der Waals surface area contributed by atoms with Crippen LogP contribution in [0.1, 0.15) is 71.1 Å². The Morgan fingerprint density at radius 2 is 1.87 bits per heavy atom. The van der Waals surface area contributed by atoms with Crippen LogP contribution in [0.4, 0.5) is 0 Å². The third-order valence-corrected chi connectivity index (χ3v) is 5.16. The molecule has 134 valence electrons. The summed E-state index contributed by atoms with van der Waals surface area (Å²) in [6.45, 7) is 2.80. The summed E-state index contributed by atoms with van der Waals surface area (Å²) < 4.78 is 0. The van der Waals surface area contributed by atoms with Gasteiger partial charge in [0.2, 0.25) is 11.8 Å². The van der Waals surface area contributed by atoms with Gasteiger partial charge in [0.25, 0.3) is 0 Å². The minimum Gasteiger partial charge on any atom is -0.354 e. The SMILES string of the molecule is CCCCNC(=O)C1(NC(=O)C2CCC(N)C2)CCCCC1.Cl. The van der Waals surface area contributed by atoms with E-state index in [-0.39, 0.29) is 36.2 Å². The van der Waals surface area contributed by atoms with Gasteiger partial charge in [-0.25, -0.2) is 0 Å². The Kier molecular flexibility index (Phi) is 8.34. The van der Waals surface area contributed by atoms with Gasteiger partial charge in [-0.2, -0.15) is 0 Å². The summed E-state index contributed by atoms with van der Waals surface area (Å²) in [4.78, 5) is 25.2. The first-order valence-corrected chi connectivity index (χ1v) is 8.93. The molecule has 2 saturated carbocycles. The standard InChI is InChI=1S/C17H31N3O2.ClH/c1-2-3-11-19-16(22)17(9-5-4-6-10-17)20-15(21)13-7-8-14(18)12-13;/h13-14H,2-12,18H2,1H3,(H,19,22)(H,20,21);1H. The van der Waals surface area contributed by atoms with Crippen LogP contribution in [0, 0.1) is 5.92 Å². The fraction of sp³-hybridized carbons (Fsp3) is 0.882. The van der Waals surface area contributed by atoms with Gasteiger partial charge in [0.1, 0.15) is 5.54 Å². The summed E-state index contributed by atoms with van der Waals surface area (Å²) in [6.07, 6.45) is 9.22. The molecule has 2 aliphatic carbocycles. The van der Waals surface area contributed by atoms with Crippen LogP contribution in [-0.4, -0.2) is 29.9 Å². The number of hydrogen-bond acceptors (Lipinski definition) is 3. The number of halogens is 1. The average Bonchev–Trinajstić information content (AvgIpc) is 2.95. The van der Waals surface area contributed by atoms with Crippen molar-refractivity contribution in [2.45, 2.75) is 82.7 Å². The first-order chi connectivity index (χ1) is 10.6. The number of unbranched alkanes of at least 4 members (excludes halogenated alkanes) is 1. The van der Waals surface area contributed by atoms with Crippen LogP contribution in [0.25, 0.3) is 0 Å². The maximum atomic E-state index is 12.7. The van der Waals surface area contributed by atoms with Gasteiger partial charge >= 0.3 is 0 Å². The molecule has 4 N–H and O–H groups in total. The minimum atomic E-state index is -0.685. The van der Waals surface area contributed by atoms with E-state index in [1.54, 1.807) is 0 Å². The predicted molar refractivity (Wildman–Crippen MR) is 94.4 cm³/mol. The van der Waals surface area contributed by atoms with E-state index in [4.69, 9.17) is 5.73 Å². The summed E-state index contributed by atoms with van der Waals surface area (Å²) in [5.41, 5.74) is 5.23. The van der Waals surface area contributed by atoms with Crippen molar-refractivity contribution >= 4 is 24.2 Å². The smallest absolute Gasteiger partial charge is 0.245 e. The van der Waals surface area contributed by atoms with E-state index in [0.29, 0.717) is 6.54 Å². The highest BCUT2D eigenvalue weighted by Crippen LogP contribution is 2.31. The lowest BCUT2D eigenvalue weighted by Crippen LogP contribution is -2.60. The Morgan fingerprint density at radius 3 is 2.43 bits per heavy atom. The number of nitrogens with two attached hydrogens (primary N) is 1. The zero-order valence-electron chi connectivity index (χ0n) is 14.2. The van der Waals surface area contributed by atoms with Crippen molar-refractivity contribution in [1.82, 2.24) is 10.6 Å². The molecule has 6 heteroatoms. The molecule has 0 bridgehead atoms. The van der Waals surface area contributed by atoms with Gasteiger partial charge in [0.05, 0.1) is 0 Å². The molecule has 0 saturated heterocycles. The highest BCUT2D eigenvalue weighted by Gasteiger charge is 2.42. The van der Waals surface area contributed by atoms with Crippen LogP contribution in [-0.2, 0) is 9.59 Å². The summed E-state index contributed by atoms with van der Waals surface area (Å²) >= 11 is 0. The molecule has 2 atom stereocenters. The molecule has 0 heterocycles. The monoisotopic (exact) mass is 345 g/mol. The molecule has 0 spiro atoms. The Balaban J connectivity index is 0.00000264. The predicted octanol–water partition coefficient (Wildman–Crippen LogP) is 2.27. The maximum Gasteiger partial charge on any atom is 0.245 e. The van der Waals surface area contributed by atoms with Crippen LogP contribution in [0.2, 0.25) is 0 Å². The Labute approximate surface area is 145 Å². The molecule has 2 unspecified atom stereocenters. The first kappa shape index (κ1) is 20.2. The van der Waals surface area contributed by atoms with E-state index in [2.05, 4.69) is 17.6 Å². The highest BCUT2D eigenvalue weighted by atomic mass is 35.5. The van der Waals surface area contributed by atoms with Crippen LogP contribution in [0.15, 0.2) is 0 Å². The van der Waals surface area contributed by atoms with Crippen molar-refractivity contribution < 1.29 is 9.59 Å². The van der Waals surface area contributed by atoms with E-state index < -0.39 is 5.54 Å². The minimum absolute atomic E-state index is 0. The number of hydrogen-bond donors (Lipinski definition) is 3. The fourth-order valence-electron chi connectivity index (χ4n) is 3.70. The molecule has 23 heavy (non-hydrogen) atoms. The molecule has 2 amide bonds. The van der Waals surface area contributed by atoms with Gasteiger partial charge in [-0.3, -0.25) is 9.59 Å². The highest BCUT2D eigenvalue weighted by molar-refractivity contribution is 5.92. The lowest BCUT2D eigenvalue weighted by atomic mass is 9.80. The lowest BCUT2D eigenvalue weighted by Gasteiger charge is -2.37. The molecule has 0 aromatic carbocycles. The van der Waals surface area contributed by atoms with Gasteiger partial charge in [-0.1, -0.05) is 32.6 Å². The van der Waals surface area contributed by atoms with Crippen molar-refractivity contribution in [2.24, 2.45) is 11.7 Å². The number of amides is 2. The zero-order chi connectivity index (χ0) is 16.0. The third-order valence-electron chi connectivity index (χ3n) is 5.16. The molecule has 0 aromatic heterocycles. The van der Waals surface area contributed by atoms with Crippen molar-refractivity contribution in [3.05, 3.63) is 0 Å². The summed E-state index contributed by atoms with van der Waals surface area (Å²) in [7, 11) is 0. The van der Waals surface area contributed by atoms with E-state index >= 15 is 0 Å². The number of carbonyl (C=O) groups is 2. The quantitative estimate of drug-likeness (QED) is 0.646. The van der Waals surface area contributed by atoms with E-state index in [9.17, 15) is 9.59 Å². The second-order valence-electron chi connectivity index (χ2n) is 7.01. The molecule has 2 fully saturated rings. The molecule has 2 aliphatic rings. The second-order valence-corrected chi connectivity index (χ2v) is 7.01. The Hall–Kier alpha value is -0.810. The summed E-state index contributed by atoms with van der Waals surface area (Å²) in [5.74, 6) is 0.0223. The molecule has 0 aliphatic heterocycles. The van der Waals surface area contributed by atoms with Crippen molar-refractivity contribution in [3.63, 3.8) is 0 Å². The second kappa shape index (κ2) is 9.48. The molecule has 2 rings (SSSR count). The largest absolute Gasteiger partial charge is 0.354 e. The van der Waals surface area contributed by atoms with Gasteiger partial charge < -0.3 is 16.4 Å². The lowest BCUT2D eigenvalue weighted by molar-refractivity contribution is -0.136. The van der Waals surface area contributed by atoms with Crippen molar-refractivity contribution in [3.8, 4) is 0 Å². The average molecular weight is 346 g/mol. The third kappa shape index (κ3) is 5.35. The number of nitrogens with one attached hydrogen (secondary N) is 2. The number of carbonyl (C=O) groups excluding carboxylic acids is 2. The zero-order valence-corrected chi connectivity index (χ0v) is 15.1. The van der Waals surface area contributed by atoms with Gasteiger partial charge in [-0.05, 0) is 38.5 Å². The molecule has 5 nitrogen and oxygen atoms in total. The van der Waals surface area contributed by atoms with Gasteiger partial charge in [-0.15, -0.1) is 12.4 Å². The first-order valence-electron chi connectivity index (χ1n) is 8.93. The summed E-state index contributed by atoms with van der Waals surface area (Å²) in [6, 6.07) is 0.136. The topological polar surface area (TPSA) is 84.2 Å². The van der Waals surface area contributed by atoms with E-state index in [1.165, 1.54) is 0 Å². The fourth-order valence-corrected chi connectivity index (χ4v) is 3.70. The van der Waals surface area contributed by atoms with Gasteiger partial charge in [0.15, 0.2) is 0 Å². The Bertz CT molecular complexity index is 397. The van der Waals surface area contributed by atoms with E-state index in [0.717, 1.165) is 64.2 Å². The maximum absolute atomic E-state index is 12.7. The van der Waals surface area contributed by atoms with Gasteiger partial charge in [0, 0.05) is 18.5 Å². The molecule has 0 aromatic rings. The summed E-state index contributed by atoms with van der Waals surface area (Å²) in [5, 5.41) is 6.14. The van der Waals surface area contributed by atoms with E-state index in [1.807, 2.05) is 0 Å². The normalized spacial score (nSPS) is 26.2. The Morgan fingerprint density at radius 1 is 1.17 bits per heavy atom.